The molecule has 3 aliphatic rings. The molecule has 2 bridgehead atoms. The summed E-state index contributed by atoms with van der Waals surface area (Å²) in [6.45, 7) is 7.65. The highest BCUT2D eigenvalue weighted by Crippen LogP contribution is 2.53. The quantitative estimate of drug-likeness (QED) is 0.648. The van der Waals surface area contributed by atoms with E-state index in [1.807, 2.05) is 25.7 Å². The van der Waals surface area contributed by atoms with Gasteiger partial charge in [-0.05, 0) is 25.3 Å². The molecule has 1 aliphatic carbocycles. The van der Waals surface area contributed by atoms with Crippen molar-refractivity contribution >= 4 is 0 Å². The molecule has 13 heavy (non-hydrogen) atoms. The van der Waals surface area contributed by atoms with E-state index in [-0.39, 0.29) is 0 Å². The fourth-order valence-corrected chi connectivity index (χ4v) is 2.58. The standard InChI is InChI=1S/C8H13F2N.C2H6/c1-2-11-5-6-3-8(11,4-6)7(9)10;1-2/h6-7H,2-5H2,1H3;1-2H3. The van der Waals surface area contributed by atoms with E-state index >= 15 is 0 Å². The van der Waals surface area contributed by atoms with Crippen molar-refractivity contribution < 1.29 is 8.78 Å². The van der Waals surface area contributed by atoms with Gasteiger partial charge in [-0.3, -0.25) is 4.90 Å². The van der Waals surface area contributed by atoms with Gasteiger partial charge in [-0.2, -0.15) is 0 Å². The number of rotatable bonds is 2. The smallest absolute Gasteiger partial charge is 0.256 e. The Morgan fingerprint density at radius 3 is 2.23 bits per heavy atom. The molecule has 3 rings (SSSR count). The summed E-state index contributed by atoms with van der Waals surface area (Å²) in [7, 11) is 0. The van der Waals surface area contributed by atoms with Crippen LogP contribution in [-0.2, 0) is 0 Å². The van der Waals surface area contributed by atoms with Crippen LogP contribution in [0.2, 0.25) is 0 Å². The van der Waals surface area contributed by atoms with Crippen molar-refractivity contribution in [3.05, 3.63) is 0 Å². The van der Waals surface area contributed by atoms with Crippen LogP contribution in [0, 0.1) is 5.92 Å². The van der Waals surface area contributed by atoms with Gasteiger partial charge in [0.25, 0.3) is 6.43 Å². The predicted molar refractivity (Wildman–Crippen MR) is 50.1 cm³/mol. The Morgan fingerprint density at radius 1 is 1.38 bits per heavy atom. The predicted octanol–water partition coefficient (Wildman–Crippen LogP) is 2.76. The average Bonchev–Trinajstić information content (AvgIpc) is 2.60. The van der Waals surface area contributed by atoms with Gasteiger partial charge in [-0.15, -0.1) is 0 Å². The van der Waals surface area contributed by atoms with E-state index in [1.54, 1.807) is 0 Å². The van der Waals surface area contributed by atoms with Gasteiger partial charge in [0.2, 0.25) is 0 Å². The zero-order valence-electron chi connectivity index (χ0n) is 8.69. The first-order chi connectivity index (χ1) is 6.19. The molecule has 2 saturated heterocycles. The second-order valence-electron chi connectivity index (χ2n) is 3.72. The Kier molecular flexibility index (Phi) is 3.28. The molecule has 2 heterocycles. The SMILES string of the molecule is CC.CCN1CC2CC1(C(F)F)C2. The van der Waals surface area contributed by atoms with Crippen LogP contribution in [0.1, 0.15) is 33.6 Å². The van der Waals surface area contributed by atoms with E-state index in [1.165, 1.54) is 0 Å². The van der Waals surface area contributed by atoms with Crippen molar-refractivity contribution in [2.75, 3.05) is 13.1 Å². The highest BCUT2D eigenvalue weighted by molar-refractivity contribution is 5.11. The van der Waals surface area contributed by atoms with Crippen molar-refractivity contribution in [3.8, 4) is 0 Å². The van der Waals surface area contributed by atoms with Crippen LogP contribution in [0.15, 0.2) is 0 Å². The van der Waals surface area contributed by atoms with Crippen LogP contribution in [0.5, 0.6) is 0 Å². The summed E-state index contributed by atoms with van der Waals surface area (Å²) in [5.41, 5.74) is -0.695. The van der Waals surface area contributed by atoms with Gasteiger partial charge in [0, 0.05) is 6.54 Å². The highest BCUT2D eigenvalue weighted by atomic mass is 19.3. The molecule has 0 aromatic carbocycles. The number of fused-ring (bicyclic) bond motifs is 1. The first-order valence-corrected chi connectivity index (χ1v) is 5.22. The van der Waals surface area contributed by atoms with Gasteiger partial charge >= 0.3 is 0 Å². The summed E-state index contributed by atoms with van der Waals surface area (Å²) in [6.07, 6.45) is -0.669. The monoisotopic (exact) mass is 191 g/mol. The molecule has 0 amide bonds. The third-order valence-electron chi connectivity index (χ3n) is 3.18. The molecule has 3 heteroatoms. The summed E-state index contributed by atoms with van der Waals surface area (Å²) >= 11 is 0. The molecule has 0 unspecified atom stereocenters. The van der Waals surface area contributed by atoms with Gasteiger partial charge < -0.3 is 0 Å². The summed E-state index contributed by atoms with van der Waals surface area (Å²) in [5.74, 6) is 0.573. The van der Waals surface area contributed by atoms with Gasteiger partial charge in [-0.1, -0.05) is 20.8 Å². The lowest BCUT2D eigenvalue weighted by Crippen LogP contribution is -2.51. The van der Waals surface area contributed by atoms with Gasteiger partial charge in [0.1, 0.15) is 0 Å². The number of halogens is 2. The molecule has 1 saturated carbocycles. The minimum atomic E-state index is -2.14. The molecule has 2 aliphatic heterocycles. The van der Waals surface area contributed by atoms with Crippen LogP contribution < -0.4 is 0 Å². The lowest BCUT2D eigenvalue weighted by Gasteiger charge is -2.41. The zero-order valence-corrected chi connectivity index (χ0v) is 8.69. The number of nitrogens with zero attached hydrogens (tertiary/aromatic N) is 1. The fourth-order valence-electron chi connectivity index (χ4n) is 2.58. The number of hydrogen-bond acceptors (Lipinski definition) is 1. The summed E-state index contributed by atoms with van der Waals surface area (Å²) < 4.78 is 25.1. The van der Waals surface area contributed by atoms with Crippen molar-refractivity contribution in [3.63, 3.8) is 0 Å². The van der Waals surface area contributed by atoms with E-state index in [2.05, 4.69) is 0 Å². The molecule has 3 fully saturated rings. The molecular weight excluding hydrogens is 172 g/mol. The Bertz CT molecular complexity index is 164. The fraction of sp³-hybridized carbons (Fsp3) is 1.00. The lowest BCUT2D eigenvalue weighted by molar-refractivity contribution is -0.0533. The maximum atomic E-state index is 12.6. The maximum Gasteiger partial charge on any atom is 0.256 e. The Labute approximate surface area is 79.1 Å². The van der Waals surface area contributed by atoms with Gasteiger partial charge in [0.15, 0.2) is 0 Å². The summed E-state index contributed by atoms with van der Waals surface area (Å²) in [6, 6.07) is 0. The minimum Gasteiger partial charge on any atom is -0.292 e. The van der Waals surface area contributed by atoms with Crippen LogP contribution >= 0.6 is 0 Å². The van der Waals surface area contributed by atoms with Crippen LogP contribution in [-0.4, -0.2) is 30.0 Å². The minimum absolute atomic E-state index is 0.573. The molecular formula is C10H19F2N. The normalized spacial score (nSPS) is 36.9. The second-order valence-corrected chi connectivity index (χ2v) is 3.72. The van der Waals surface area contributed by atoms with E-state index in [9.17, 15) is 8.78 Å². The molecule has 0 aromatic rings. The molecule has 78 valence electrons. The summed E-state index contributed by atoms with van der Waals surface area (Å²) in [4.78, 5) is 1.95. The third kappa shape index (κ3) is 1.47. The molecule has 1 nitrogen and oxygen atoms in total. The zero-order chi connectivity index (χ0) is 10.1. The lowest BCUT2D eigenvalue weighted by atomic mass is 9.73. The van der Waals surface area contributed by atoms with Crippen LogP contribution in [0.25, 0.3) is 0 Å². The Balaban J connectivity index is 0.000000396. The van der Waals surface area contributed by atoms with Crippen molar-refractivity contribution in [2.24, 2.45) is 5.92 Å². The van der Waals surface area contributed by atoms with E-state index in [0.717, 1.165) is 25.9 Å². The topological polar surface area (TPSA) is 3.24 Å². The Hall–Kier alpha value is -0.180. The maximum absolute atomic E-state index is 12.6. The largest absolute Gasteiger partial charge is 0.292 e. The van der Waals surface area contributed by atoms with E-state index in [4.69, 9.17) is 0 Å². The third-order valence-corrected chi connectivity index (χ3v) is 3.18. The Morgan fingerprint density at radius 2 is 1.92 bits per heavy atom. The van der Waals surface area contributed by atoms with Crippen molar-refractivity contribution in [1.29, 1.82) is 0 Å². The van der Waals surface area contributed by atoms with Crippen LogP contribution in [0.4, 0.5) is 8.78 Å². The molecule has 0 N–H and O–H groups in total. The molecule has 0 spiro atoms. The molecule has 0 atom stereocenters. The van der Waals surface area contributed by atoms with Crippen molar-refractivity contribution in [1.82, 2.24) is 4.90 Å². The first-order valence-electron chi connectivity index (χ1n) is 5.22. The number of alkyl halides is 2. The second kappa shape index (κ2) is 3.91. The van der Waals surface area contributed by atoms with Crippen molar-refractivity contribution in [2.45, 2.75) is 45.6 Å². The van der Waals surface area contributed by atoms with Gasteiger partial charge in [0.05, 0.1) is 5.54 Å². The number of hydrogen-bond donors (Lipinski definition) is 0. The average molecular weight is 191 g/mol. The summed E-state index contributed by atoms with van der Waals surface area (Å²) in [5, 5.41) is 0. The highest BCUT2D eigenvalue weighted by Gasteiger charge is 2.60. The molecule has 0 aromatic heterocycles. The van der Waals surface area contributed by atoms with E-state index in [0.29, 0.717) is 5.92 Å². The molecule has 0 radical (unpaired) electrons. The van der Waals surface area contributed by atoms with Crippen LogP contribution in [0.3, 0.4) is 0 Å². The van der Waals surface area contributed by atoms with Gasteiger partial charge in [-0.25, -0.2) is 8.78 Å². The first kappa shape index (κ1) is 10.9. The van der Waals surface area contributed by atoms with E-state index < -0.39 is 12.0 Å².